The molecule has 1 amide bonds. The highest BCUT2D eigenvalue weighted by atomic mass is 32.1. The Bertz CT molecular complexity index is 944. The van der Waals surface area contributed by atoms with Gasteiger partial charge in [0.15, 0.2) is 5.11 Å². The van der Waals surface area contributed by atoms with Gasteiger partial charge in [0, 0.05) is 23.7 Å². The van der Waals surface area contributed by atoms with Gasteiger partial charge in [-0.05, 0) is 54.2 Å². The first-order valence-electron chi connectivity index (χ1n) is 8.78. The van der Waals surface area contributed by atoms with Crippen LogP contribution in [0.25, 0.3) is 0 Å². The van der Waals surface area contributed by atoms with E-state index in [1.54, 1.807) is 42.5 Å². The zero-order valence-electron chi connectivity index (χ0n) is 15.1. The lowest BCUT2D eigenvalue weighted by Gasteiger charge is -2.10. The van der Waals surface area contributed by atoms with Crippen LogP contribution in [0.15, 0.2) is 78.9 Å². The summed E-state index contributed by atoms with van der Waals surface area (Å²) in [5.41, 5.74) is 2.27. The number of hydrogen-bond donors (Lipinski definition) is 3. The lowest BCUT2D eigenvalue weighted by atomic mass is 10.2. The third kappa shape index (κ3) is 5.82. The second-order valence-electron chi connectivity index (χ2n) is 6.07. The maximum atomic E-state index is 12.3. The molecule has 0 spiro atoms. The van der Waals surface area contributed by atoms with E-state index in [0.717, 1.165) is 6.42 Å². The quantitative estimate of drug-likeness (QED) is 0.550. The van der Waals surface area contributed by atoms with Crippen molar-refractivity contribution in [3.05, 3.63) is 90.0 Å². The molecule has 3 aromatic rings. The SMILES string of the molecule is O=C(NC(=S)Nc1cccc(O)c1)c1ccc(OCCc2ccccc2)cc1. The Kier molecular flexibility index (Phi) is 6.59. The van der Waals surface area contributed by atoms with E-state index >= 15 is 0 Å². The number of carbonyl (C=O) groups is 1. The van der Waals surface area contributed by atoms with Gasteiger partial charge in [0.2, 0.25) is 0 Å². The molecule has 0 unspecified atom stereocenters. The van der Waals surface area contributed by atoms with Crippen LogP contribution in [0.1, 0.15) is 15.9 Å². The number of ether oxygens (including phenoxy) is 1. The van der Waals surface area contributed by atoms with E-state index in [1.165, 1.54) is 11.6 Å². The first kappa shape index (κ1) is 19.4. The first-order valence-corrected chi connectivity index (χ1v) is 9.19. The highest BCUT2D eigenvalue weighted by Crippen LogP contribution is 2.16. The van der Waals surface area contributed by atoms with E-state index < -0.39 is 0 Å². The maximum Gasteiger partial charge on any atom is 0.257 e. The van der Waals surface area contributed by atoms with Crippen molar-refractivity contribution in [1.29, 1.82) is 0 Å². The van der Waals surface area contributed by atoms with E-state index in [2.05, 4.69) is 22.8 Å². The fourth-order valence-corrected chi connectivity index (χ4v) is 2.77. The van der Waals surface area contributed by atoms with Crippen LogP contribution in [0.2, 0.25) is 0 Å². The average Bonchev–Trinajstić information content (AvgIpc) is 2.69. The summed E-state index contributed by atoms with van der Waals surface area (Å²) in [5.74, 6) is 0.489. The molecule has 0 aromatic heterocycles. The molecule has 142 valence electrons. The minimum absolute atomic E-state index is 0.113. The number of amides is 1. The molecule has 0 saturated heterocycles. The number of benzene rings is 3. The lowest BCUT2D eigenvalue weighted by Crippen LogP contribution is -2.34. The second-order valence-corrected chi connectivity index (χ2v) is 6.48. The van der Waals surface area contributed by atoms with Gasteiger partial charge in [-0.25, -0.2) is 0 Å². The van der Waals surface area contributed by atoms with Crippen LogP contribution >= 0.6 is 12.2 Å². The van der Waals surface area contributed by atoms with Crippen LogP contribution in [0, 0.1) is 0 Å². The van der Waals surface area contributed by atoms with Gasteiger partial charge in [-0.1, -0.05) is 36.4 Å². The number of hydrogen-bond acceptors (Lipinski definition) is 4. The van der Waals surface area contributed by atoms with Gasteiger partial charge in [0.05, 0.1) is 6.61 Å². The molecule has 0 heterocycles. The molecule has 3 rings (SSSR count). The number of nitrogens with one attached hydrogen (secondary N) is 2. The third-order valence-corrected chi connectivity index (χ3v) is 4.15. The summed E-state index contributed by atoms with van der Waals surface area (Å²) in [7, 11) is 0. The predicted molar refractivity (Wildman–Crippen MR) is 114 cm³/mol. The van der Waals surface area contributed by atoms with Gasteiger partial charge < -0.3 is 15.2 Å². The average molecular weight is 392 g/mol. The topological polar surface area (TPSA) is 70.6 Å². The molecule has 5 nitrogen and oxygen atoms in total. The molecular formula is C22H20N2O3S. The van der Waals surface area contributed by atoms with Crippen molar-refractivity contribution >= 4 is 28.9 Å². The minimum atomic E-state index is -0.325. The molecular weight excluding hydrogens is 372 g/mol. The summed E-state index contributed by atoms with van der Waals surface area (Å²) in [6, 6.07) is 23.5. The number of phenolic OH excluding ortho intramolecular Hbond substituents is 1. The van der Waals surface area contributed by atoms with E-state index in [1.807, 2.05) is 18.2 Å². The molecule has 0 saturated carbocycles. The Balaban J connectivity index is 1.48. The number of phenols is 1. The monoisotopic (exact) mass is 392 g/mol. The first-order chi connectivity index (χ1) is 13.6. The highest BCUT2D eigenvalue weighted by Gasteiger charge is 2.08. The van der Waals surface area contributed by atoms with Crippen LogP contribution in [0.5, 0.6) is 11.5 Å². The fraction of sp³-hybridized carbons (Fsp3) is 0.0909. The van der Waals surface area contributed by atoms with Gasteiger partial charge in [0.1, 0.15) is 11.5 Å². The summed E-state index contributed by atoms with van der Waals surface area (Å²) in [5, 5.41) is 15.1. The van der Waals surface area contributed by atoms with Crippen molar-refractivity contribution in [2.45, 2.75) is 6.42 Å². The molecule has 0 bridgehead atoms. The molecule has 0 aliphatic heterocycles. The second kappa shape index (κ2) is 9.53. The van der Waals surface area contributed by atoms with Crippen LogP contribution in [0.3, 0.4) is 0 Å². The highest BCUT2D eigenvalue weighted by molar-refractivity contribution is 7.80. The number of anilines is 1. The molecule has 0 aliphatic carbocycles. The van der Waals surface area contributed by atoms with Gasteiger partial charge in [-0.2, -0.15) is 0 Å². The molecule has 0 fully saturated rings. The van der Waals surface area contributed by atoms with Gasteiger partial charge in [-0.15, -0.1) is 0 Å². The van der Waals surface area contributed by atoms with Crippen LogP contribution in [0.4, 0.5) is 5.69 Å². The van der Waals surface area contributed by atoms with Gasteiger partial charge in [0.25, 0.3) is 5.91 Å². The summed E-state index contributed by atoms with van der Waals surface area (Å²) in [6.07, 6.45) is 0.818. The number of rotatable bonds is 6. The summed E-state index contributed by atoms with van der Waals surface area (Å²) in [6.45, 7) is 0.563. The molecule has 0 atom stereocenters. The number of carbonyl (C=O) groups excluding carboxylic acids is 1. The van der Waals surface area contributed by atoms with Crippen LogP contribution < -0.4 is 15.4 Å². The van der Waals surface area contributed by atoms with Gasteiger partial charge in [-0.3, -0.25) is 10.1 Å². The lowest BCUT2D eigenvalue weighted by molar-refractivity contribution is 0.0977. The molecule has 3 N–H and O–H groups in total. The molecule has 0 radical (unpaired) electrons. The van der Waals surface area contributed by atoms with Crippen LogP contribution in [-0.2, 0) is 6.42 Å². The summed E-state index contributed by atoms with van der Waals surface area (Å²) >= 11 is 5.14. The van der Waals surface area contributed by atoms with Crippen molar-refractivity contribution in [3.8, 4) is 11.5 Å². The Hall–Kier alpha value is -3.38. The largest absolute Gasteiger partial charge is 0.508 e. The smallest absolute Gasteiger partial charge is 0.257 e. The van der Waals surface area contributed by atoms with E-state index in [4.69, 9.17) is 17.0 Å². The van der Waals surface area contributed by atoms with Crippen molar-refractivity contribution in [2.24, 2.45) is 0 Å². The van der Waals surface area contributed by atoms with Crippen molar-refractivity contribution in [3.63, 3.8) is 0 Å². The predicted octanol–water partition coefficient (Wildman–Crippen LogP) is 4.14. The third-order valence-electron chi connectivity index (χ3n) is 3.95. The molecule has 6 heteroatoms. The normalized spacial score (nSPS) is 10.1. The molecule has 3 aromatic carbocycles. The van der Waals surface area contributed by atoms with E-state index in [-0.39, 0.29) is 16.8 Å². The maximum absolute atomic E-state index is 12.3. The number of aromatic hydroxyl groups is 1. The Labute approximate surface area is 169 Å². The van der Waals surface area contributed by atoms with E-state index in [0.29, 0.717) is 23.6 Å². The van der Waals surface area contributed by atoms with E-state index in [9.17, 15) is 9.90 Å². The zero-order valence-corrected chi connectivity index (χ0v) is 15.9. The standard InChI is InChI=1S/C22H20N2O3S/c25-19-8-4-7-18(15-19)23-22(28)24-21(26)17-9-11-20(12-10-17)27-14-13-16-5-2-1-3-6-16/h1-12,15,25H,13-14H2,(H2,23,24,26,28). The van der Waals surface area contributed by atoms with Crippen molar-refractivity contribution < 1.29 is 14.6 Å². The summed E-state index contributed by atoms with van der Waals surface area (Å²) in [4.78, 5) is 12.3. The minimum Gasteiger partial charge on any atom is -0.508 e. The van der Waals surface area contributed by atoms with Crippen LogP contribution in [-0.4, -0.2) is 22.7 Å². The summed E-state index contributed by atoms with van der Waals surface area (Å²) < 4.78 is 5.72. The molecule has 28 heavy (non-hydrogen) atoms. The van der Waals surface area contributed by atoms with Crippen molar-refractivity contribution in [2.75, 3.05) is 11.9 Å². The Morgan fingerprint density at radius 2 is 1.71 bits per heavy atom. The van der Waals surface area contributed by atoms with Crippen molar-refractivity contribution in [1.82, 2.24) is 5.32 Å². The fourth-order valence-electron chi connectivity index (χ4n) is 2.56. The number of thiocarbonyl (C=S) groups is 1. The van der Waals surface area contributed by atoms with Gasteiger partial charge >= 0.3 is 0 Å². The Morgan fingerprint density at radius 1 is 0.964 bits per heavy atom. The molecule has 0 aliphatic rings. The Morgan fingerprint density at radius 3 is 2.43 bits per heavy atom. The zero-order chi connectivity index (χ0) is 19.8.